The van der Waals surface area contributed by atoms with Gasteiger partial charge in [-0.05, 0) is 75.7 Å². The highest BCUT2D eigenvalue weighted by molar-refractivity contribution is 9.10. The second-order valence-electron chi connectivity index (χ2n) is 9.97. The van der Waals surface area contributed by atoms with E-state index in [2.05, 4.69) is 21.2 Å². The summed E-state index contributed by atoms with van der Waals surface area (Å²) >= 11 is 9.14. The van der Waals surface area contributed by atoms with Gasteiger partial charge in [0, 0.05) is 17.1 Å². The molecule has 226 valence electrons. The molecule has 0 saturated carbocycles. The summed E-state index contributed by atoms with van der Waals surface area (Å²) in [4.78, 5) is 27.8. The van der Waals surface area contributed by atoms with Gasteiger partial charge in [0.25, 0.3) is 10.0 Å². The monoisotopic (exact) mass is 687 g/mol. The Kier molecular flexibility index (Phi) is 10.7. The molecule has 3 rings (SSSR count). The van der Waals surface area contributed by atoms with Crippen LogP contribution in [0.4, 0.5) is 18.9 Å². The van der Waals surface area contributed by atoms with E-state index < -0.39 is 56.9 Å². The number of carbonyl (C=O) groups excluding carboxylic acids is 2. The van der Waals surface area contributed by atoms with E-state index in [1.54, 1.807) is 45.0 Å². The summed E-state index contributed by atoms with van der Waals surface area (Å²) in [6, 6.07) is 14.0. The molecule has 0 fully saturated rings. The third-order valence-corrected chi connectivity index (χ3v) is 8.94. The van der Waals surface area contributed by atoms with Crippen LogP contribution in [0.3, 0.4) is 0 Å². The van der Waals surface area contributed by atoms with Crippen molar-refractivity contribution in [3.05, 3.63) is 92.9 Å². The second-order valence-corrected chi connectivity index (χ2v) is 13.2. The van der Waals surface area contributed by atoms with Crippen LogP contribution in [-0.2, 0) is 32.3 Å². The third-order valence-electron chi connectivity index (χ3n) is 6.30. The van der Waals surface area contributed by atoms with Crippen molar-refractivity contribution in [2.75, 3.05) is 10.8 Å². The van der Waals surface area contributed by atoms with Crippen molar-refractivity contribution < 1.29 is 31.2 Å². The molecule has 2 amide bonds. The molecule has 7 nitrogen and oxygen atoms in total. The Morgan fingerprint density at radius 3 is 2.12 bits per heavy atom. The number of benzene rings is 3. The fourth-order valence-corrected chi connectivity index (χ4v) is 5.92. The van der Waals surface area contributed by atoms with Crippen molar-refractivity contribution in [3.63, 3.8) is 0 Å². The fraction of sp³-hybridized carbons (Fsp3) is 0.310. The van der Waals surface area contributed by atoms with Gasteiger partial charge in [-0.1, -0.05) is 57.4 Å². The first-order valence-electron chi connectivity index (χ1n) is 12.8. The zero-order valence-electron chi connectivity index (χ0n) is 23.2. The molecular formula is C29H30BrClF3N3O4S. The molecule has 0 aromatic heterocycles. The van der Waals surface area contributed by atoms with E-state index in [0.717, 1.165) is 22.2 Å². The lowest BCUT2D eigenvalue weighted by molar-refractivity contribution is -0.139. The summed E-state index contributed by atoms with van der Waals surface area (Å²) in [5.41, 5.74) is -0.263. The van der Waals surface area contributed by atoms with Gasteiger partial charge in [-0.15, -0.1) is 0 Å². The van der Waals surface area contributed by atoms with Crippen LogP contribution in [-0.4, -0.2) is 43.8 Å². The maximum atomic E-state index is 13.9. The van der Waals surface area contributed by atoms with E-state index in [9.17, 15) is 31.2 Å². The number of anilines is 1. The number of nitrogens with zero attached hydrogens (tertiary/aromatic N) is 2. The number of aryl methyl sites for hydroxylation is 1. The molecular weight excluding hydrogens is 659 g/mol. The Bertz CT molecular complexity index is 1530. The van der Waals surface area contributed by atoms with Gasteiger partial charge in [-0.2, -0.15) is 13.2 Å². The molecule has 1 atom stereocenters. The van der Waals surface area contributed by atoms with Gasteiger partial charge < -0.3 is 10.2 Å². The van der Waals surface area contributed by atoms with Gasteiger partial charge in [0.2, 0.25) is 11.8 Å². The smallest absolute Gasteiger partial charge is 0.352 e. The molecule has 3 aromatic rings. The summed E-state index contributed by atoms with van der Waals surface area (Å²) in [5, 5.41) is 2.11. The minimum absolute atomic E-state index is 0.0639. The fourth-order valence-electron chi connectivity index (χ4n) is 4.03. The number of hydrogen-bond donors (Lipinski definition) is 1. The Hall–Kier alpha value is -3.09. The predicted molar refractivity (Wildman–Crippen MR) is 160 cm³/mol. The van der Waals surface area contributed by atoms with Crippen molar-refractivity contribution in [1.82, 2.24) is 10.2 Å². The van der Waals surface area contributed by atoms with Crippen molar-refractivity contribution in [2.24, 2.45) is 0 Å². The Labute approximate surface area is 256 Å². The molecule has 0 aliphatic rings. The van der Waals surface area contributed by atoms with Crippen LogP contribution in [0, 0.1) is 6.92 Å². The van der Waals surface area contributed by atoms with E-state index in [1.165, 1.54) is 36.1 Å². The second kappa shape index (κ2) is 13.5. The first kappa shape index (κ1) is 33.4. The highest BCUT2D eigenvalue weighted by atomic mass is 79.9. The first-order valence-corrected chi connectivity index (χ1v) is 15.4. The Balaban J connectivity index is 2.12. The van der Waals surface area contributed by atoms with Crippen LogP contribution in [0.25, 0.3) is 0 Å². The summed E-state index contributed by atoms with van der Waals surface area (Å²) < 4.78 is 70.3. The molecule has 0 aliphatic heterocycles. The zero-order valence-corrected chi connectivity index (χ0v) is 26.4. The predicted octanol–water partition coefficient (Wildman–Crippen LogP) is 6.57. The molecule has 42 heavy (non-hydrogen) atoms. The van der Waals surface area contributed by atoms with E-state index in [0.29, 0.717) is 15.9 Å². The third kappa shape index (κ3) is 8.26. The molecule has 0 bridgehead atoms. The van der Waals surface area contributed by atoms with Gasteiger partial charge in [0.05, 0.1) is 21.2 Å². The van der Waals surface area contributed by atoms with Crippen LogP contribution in [0.1, 0.15) is 37.5 Å². The van der Waals surface area contributed by atoms with Gasteiger partial charge >= 0.3 is 6.18 Å². The van der Waals surface area contributed by atoms with Crippen LogP contribution in [0.15, 0.2) is 76.1 Å². The summed E-state index contributed by atoms with van der Waals surface area (Å²) in [5.74, 6) is -1.28. The lowest BCUT2D eigenvalue weighted by Crippen LogP contribution is -2.52. The van der Waals surface area contributed by atoms with Crippen molar-refractivity contribution in [1.29, 1.82) is 0 Å². The number of alkyl halides is 3. The van der Waals surface area contributed by atoms with E-state index in [1.807, 2.05) is 0 Å². The highest BCUT2D eigenvalue weighted by Gasteiger charge is 2.37. The number of rotatable bonds is 10. The number of nitrogens with one attached hydrogen (secondary N) is 1. The minimum Gasteiger partial charge on any atom is -0.352 e. The van der Waals surface area contributed by atoms with Gasteiger partial charge in [0.1, 0.15) is 12.6 Å². The summed E-state index contributed by atoms with van der Waals surface area (Å²) in [6.45, 7) is 5.80. The van der Waals surface area contributed by atoms with Gasteiger partial charge in [-0.25, -0.2) is 8.42 Å². The molecule has 0 spiro atoms. The molecule has 0 aliphatic carbocycles. The molecule has 1 N–H and O–H groups in total. The van der Waals surface area contributed by atoms with Crippen molar-refractivity contribution in [2.45, 2.75) is 57.4 Å². The number of amides is 2. The standard InChI is InChI=1S/C29H30BrClF3N3O4S/c1-18(2)35-28(39)20(4)36(16-21-7-9-22(30)10-8-21)27(38)17-37(42(40,41)24-12-5-19(3)6-13-24)23-11-14-26(31)25(15-23)29(32,33)34/h5-15,18,20H,16-17H2,1-4H3,(H,35,39)/t20-/m0/s1. The Morgan fingerprint density at radius 1 is 0.976 bits per heavy atom. The quantitative estimate of drug-likeness (QED) is 0.261. The van der Waals surface area contributed by atoms with Crippen LogP contribution < -0.4 is 9.62 Å². The van der Waals surface area contributed by atoms with Crippen LogP contribution >= 0.6 is 27.5 Å². The zero-order chi connectivity index (χ0) is 31.4. The normalized spacial score (nSPS) is 12.6. The topological polar surface area (TPSA) is 86.8 Å². The Morgan fingerprint density at radius 2 is 1.57 bits per heavy atom. The van der Waals surface area contributed by atoms with Gasteiger partial charge in [0.15, 0.2) is 0 Å². The maximum absolute atomic E-state index is 13.9. The van der Waals surface area contributed by atoms with Crippen molar-refractivity contribution >= 4 is 55.1 Å². The number of halogens is 5. The van der Waals surface area contributed by atoms with Crippen molar-refractivity contribution in [3.8, 4) is 0 Å². The molecule has 0 radical (unpaired) electrons. The first-order chi connectivity index (χ1) is 19.5. The number of hydrogen-bond acceptors (Lipinski definition) is 4. The molecule has 13 heteroatoms. The molecule has 0 unspecified atom stereocenters. The van der Waals surface area contributed by atoms with Gasteiger partial charge in [-0.3, -0.25) is 13.9 Å². The lowest BCUT2D eigenvalue weighted by Gasteiger charge is -2.32. The molecule has 0 saturated heterocycles. The molecule has 3 aromatic carbocycles. The number of sulfonamides is 1. The average Bonchev–Trinajstić information content (AvgIpc) is 2.90. The largest absolute Gasteiger partial charge is 0.417 e. The van der Waals surface area contributed by atoms with E-state index in [-0.39, 0.29) is 17.5 Å². The summed E-state index contributed by atoms with van der Waals surface area (Å²) in [7, 11) is -4.55. The highest BCUT2D eigenvalue weighted by Crippen LogP contribution is 2.38. The minimum atomic E-state index is -4.88. The van der Waals surface area contributed by atoms with E-state index >= 15 is 0 Å². The average molecular weight is 689 g/mol. The summed E-state index contributed by atoms with van der Waals surface area (Å²) in [6.07, 6.45) is -4.88. The lowest BCUT2D eigenvalue weighted by atomic mass is 10.1. The molecule has 0 heterocycles. The SMILES string of the molecule is Cc1ccc(S(=O)(=O)N(CC(=O)N(Cc2ccc(Br)cc2)[C@@H](C)C(=O)NC(C)C)c2ccc(Cl)c(C(F)(F)F)c2)cc1. The van der Waals surface area contributed by atoms with Crippen LogP contribution in [0.5, 0.6) is 0 Å². The maximum Gasteiger partial charge on any atom is 0.417 e. The van der Waals surface area contributed by atoms with Crippen LogP contribution in [0.2, 0.25) is 5.02 Å². The van der Waals surface area contributed by atoms with E-state index in [4.69, 9.17) is 11.6 Å². The number of carbonyl (C=O) groups is 2.